The van der Waals surface area contributed by atoms with Crippen LogP contribution in [0.4, 0.5) is 4.79 Å². The van der Waals surface area contributed by atoms with Gasteiger partial charge in [0.05, 0.1) is 0 Å². The van der Waals surface area contributed by atoms with Gasteiger partial charge in [-0.25, -0.2) is 9.59 Å². The molecular formula is C19H25NO5. The van der Waals surface area contributed by atoms with Crippen LogP contribution in [0.1, 0.15) is 55.1 Å². The highest BCUT2D eigenvalue weighted by Gasteiger charge is 2.38. The van der Waals surface area contributed by atoms with Crippen molar-refractivity contribution >= 4 is 18.3 Å². The van der Waals surface area contributed by atoms with Crippen molar-refractivity contribution in [3.8, 4) is 5.75 Å². The molecule has 136 valence electrons. The highest BCUT2D eigenvalue weighted by atomic mass is 16.6. The molecule has 0 radical (unpaired) electrons. The van der Waals surface area contributed by atoms with Gasteiger partial charge in [-0.2, -0.15) is 0 Å². The first kappa shape index (κ1) is 19.0. The molecule has 1 amide bonds. The Balaban J connectivity index is 2.15. The summed E-state index contributed by atoms with van der Waals surface area (Å²) in [4.78, 5) is 37.3. The summed E-state index contributed by atoms with van der Waals surface area (Å²) < 4.78 is 10.9. The number of carbonyl (C=O) groups excluding carboxylic acids is 3. The number of esters is 1. The molecular weight excluding hydrogens is 322 g/mol. The molecule has 6 nitrogen and oxygen atoms in total. The van der Waals surface area contributed by atoms with E-state index in [9.17, 15) is 14.4 Å². The predicted molar refractivity (Wildman–Crippen MR) is 92.9 cm³/mol. The number of ether oxygens (including phenoxy) is 2. The van der Waals surface area contributed by atoms with Gasteiger partial charge >= 0.3 is 12.1 Å². The van der Waals surface area contributed by atoms with E-state index in [2.05, 4.69) is 0 Å². The molecule has 1 aliphatic rings. The number of aryl methyl sites for hydroxylation is 2. The molecule has 1 aromatic carbocycles. The second-order valence-corrected chi connectivity index (χ2v) is 7.35. The van der Waals surface area contributed by atoms with Gasteiger partial charge in [0.2, 0.25) is 0 Å². The molecule has 1 heterocycles. The van der Waals surface area contributed by atoms with E-state index in [1.165, 1.54) is 4.90 Å². The lowest BCUT2D eigenvalue weighted by atomic mass is 10.1. The van der Waals surface area contributed by atoms with Gasteiger partial charge in [0, 0.05) is 12.1 Å². The highest BCUT2D eigenvalue weighted by molar-refractivity contribution is 5.84. The van der Waals surface area contributed by atoms with Crippen LogP contribution in [0.2, 0.25) is 0 Å². The molecule has 0 bridgehead atoms. The Morgan fingerprint density at radius 1 is 1.20 bits per heavy atom. The molecule has 1 saturated heterocycles. The predicted octanol–water partition coefficient (Wildman–Crippen LogP) is 3.42. The summed E-state index contributed by atoms with van der Waals surface area (Å²) in [5, 5.41) is 0. The normalized spacial score (nSPS) is 17.3. The van der Waals surface area contributed by atoms with Gasteiger partial charge in [0.15, 0.2) is 0 Å². The molecule has 0 unspecified atom stereocenters. The van der Waals surface area contributed by atoms with Crippen molar-refractivity contribution in [1.82, 2.24) is 4.90 Å². The molecule has 6 heteroatoms. The van der Waals surface area contributed by atoms with E-state index in [4.69, 9.17) is 9.47 Å². The molecule has 0 aromatic heterocycles. The summed E-state index contributed by atoms with van der Waals surface area (Å²) in [6, 6.07) is 2.69. The number of aldehydes is 1. The Morgan fingerprint density at radius 2 is 1.80 bits per heavy atom. The molecule has 0 aliphatic carbocycles. The Kier molecular flexibility index (Phi) is 5.50. The van der Waals surface area contributed by atoms with Gasteiger partial charge in [-0.3, -0.25) is 9.69 Å². The largest absolute Gasteiger partial charge is 0.444 e. The molecule has 25 heavy (non-hydrogen) atoms. The number of amides is 1. The van der Waals surface area contributed by atoms with E-state index in [1.54, 1.807) is 46.8 Å². The summed E-state index contributed by atoms with van der Waals surface area (Å²) in [7, 11) is 0. The Labute approximate surface area is 148 Å². The lowest BCUT2D eigenvalue weighted by Crippen LogP contribution is -2.44. The van der Waals surface area contributed by atoms with E-state index < -0.39 is 23.7 Å². The van der Waals surface area contributed by atoms with E-state index >= 15 is 0 Å². The molecule has 0 N–H and O–H groups in total. The standard InChI is InChI=1S/C19H25NO5/c1-12-9-14(11-21)10-13(2)16(12)24-17(22)15-7-6-8-20(15)18(23)25-19(3,4)5/h9-11,15H,6-8H2,1-5H3/t15-/m1/s1. The SMILES string of the molecule is Cc1cc(C=O)cc(C)c1OC(=O)[C@H]1CCCN1C(=O)OC(C)(C)C. The van der Waals surface area contributed by atoms with Gasteiger partial charge in [0.25, 0.3) is 0 Å². The molecule has 1 aromatic rings. The van der Waals surface area contributed by atoms with Gasteiger partial charge in [0.1, 0.15) is 23.7 Å². The third-order valence-corrected chi connectivity index (χ3v) is 3.97. The third-order valence-electron chi connectivity index (χ3n) is 3.97. The van der Waals surface area contributed by atoms with Gasteiger partial charge in [-0.1, -0.05) is 0 Å². The number of hydrogen-bond acceptors (Lipinski definition) is 5. The third kappa shape index (κ3) is 4.59. The van der Waals surface area contributed by atoms with E-state index in [0.29, 0.717) is 35.4 Å². The minimum atomic E-state index is -0.653. The van der Waals surface area contributed by atoms with E-state index in [-0.39, 0.29) is 0 Å². The van der Waals surface area contributed by atoms with Crippen LogP contribution >= 0.6 is 0 Å². The van der Waals surface area contributed by atoms with Gasteiger partial charge in [-0.15, -0.1) is 0 Å². The number of carbonyl (C=O) groups is 3. The van der Waals surface area contributed by atoms with Crippen molar-refractivity contribution in [3.63, 3.8) is 0 Å². The van der Waals surface area contributed by atoms with Crippen LogP contribution in [0.25, 0.3) is 0 Å². The molecule has 0 saturated carbocycles. The number of likely N-dealkylation sites (tertiary alicyclic amines) is 1. The summed E-state index contributed by atoms with van der Waals surface area (Å²) in [6.45, 7) is 9.39. The first-order valence-electron chi connectivity index (χ1n) is 8.40. The molecule has 1 aliphatic heterocycles. The zero-order valence-corrected chi connectivity index (χ0v) is 15.4. The van der Waals surface area contributed by atoms with Crippen LogP contribution in [0.5, 0.6) is 5.75 Å². The fourth-order valence-corrected chi connectivity index (χ4v) is 2.93. The molecule has 0 spiro atoms. The highest BCUT2D eigenvalue weighted by Crippen LogP contribution is 2.27. The topological polar surface area (TPSA) is 72.9 Å². The second kappa shape index (κ2) is 7.25. The fraction of sp³-hybridized carbons (Fsp3) is 0.526. The Hall–Kier alpha value is -2.37. The van der Waals surface area contributed by atoms with Crippen LogP contribution in [-0.2, 0) is 9.53 Å². The van der Waals surface area contributed by atoms with Crippen molar-refractivity contribution in [2.24, 2.45) is 0 Å². The maximum absolute atomic E-state index is 12.6. The van der Waals surface area contributed by atoms with Crippen molar-refractivity contribution < 1.29 is 23.9 Å². The maximum Gasteiger partial charge on any atom is 0.411 e. The zero-order valence-electron chi connectivity index (χ0n) is 15.4. The summed E-state index contributed by atoms with van der Waals surface area (Å²) >= 11 is 0. The smallest absolute Gasteiger partial charge is 0.411 e. The molecule has 2 rings (SSSR count). The van der Waals surface area contributed by atoms with Crippen LogP contribution in [0, 0.1) is 13.8 Å². The van der Waals surface area contributed by atoms with Crippen molar-refractivity contribution in [3.05, 3.63) is 28.8 Å². The Bertz CT molecular complexity index is 667. The average molecular weight is 347 g/mol. The summed E-state index contributed by atoms with van der Waals surface area (Å²) in [5.41, 5.74) is 1.33. The minimum absolute atomic E-state index is 0.437. The summed E-state index contributed by atoms with van der Waals surface area (Å²) in [5.74, 6) is -0.0416. The van der Waals surface area contributed by atoms with Crippen LogP contribution in [-0.4, -0.2) is 41.4 Å². The van der Waals surface area contributed by atoms with Crippen LogP contribution in [0.3, 0.4) is 0 Å². The Morgan fingerprint density at radius 3 is 2.32 bits per heavy atom. The first-order chi connectivity index (χ1) is 11.6. The fourth-order valence-electron chi connectivity index (χ4n) is 2.93. The average Bonchev–Trinajstić information content (AvgIpc) is 2.98. The van der Waals surface area contributed by atoms with E-state index in [1.807, 2.05) is 0 Å². The second-order valence-electron chi connectivity index (χ2n) is 7.35. The van der Waals surface area contributed by atoms with E-state index in [0.717, 1.165) is 12.7 Å². The van der Waals surface area contributed by atoms with Gasteiger partial charge < -0.3 is 9.47 Å². The van der Waals surface area contributed by atoms with Gasteiger partial charge in [-0.05, 0) is 70.7 Å². The monoisotopic (exact) mass is 347 g/mol. The van der Waals surface area contributed by atoms with Crippen LogP contribution in [0.15, 0.2) is 12.1 Å². The first-order valence-corrected chi connectivity index (χ1v) is 8.40. The van der Waals surface area contributed by atoms with Crippen LogP contribution < -0.4 is 4.74 Å². The molecule has 1 atom stereocenters. The quantitative estimate of drug-likeness (QED) is 0.476. The van der Waals surface area contributed by atoms with Crippen molar-refractivity contribution in [2.45, 2.75) is 59.1 Å². The lowest BCUT2D eigenvalue weighted by Gasteiger charge is -2.27. The zero-order chi connectivity index (χ0) is 18.8. The maximum atomic E-state index is 12.6. The van der Waals surface area contributed by atoms with Crippen molar-refractivity contribution in [2.75, 3.05) is 6.54 Å². The number of benzene rings is 1. The van der Waals surface area contributed by atoms with Crippen molar-refractivity contribution in [1.29, 1.82) is 0 Å². The summed E-state index contributed by atoms with van der Waals surface area (Å²) in [6.07, 6.45) is 1.52. The lowest BCUT2D eigenvalue weighted by molar-refractivity contribution is -0.139. The minimum Gasteiger partial charge on any atom is -0.444 e. The number of nitrogens with zero attached hydrogens (tertiary/aromatic N) is 1. The number of hydrogen-bond donors (Lipinski definition) is 0. The number of rotatable bonds is 3. The molecule has 1 fully saturated rings.